The van der Waals surface area contributed by atoms with Crippen molar-refractivity contribution in [2.75, 3.05) is 10.2 Å². The lowest BCUT2D eigenvalue weighted by molar-refractivity contribution is -0.121. The van der Waals surface area contributed by atoms with Gasteiger partial charge in [0.25, 0.3) is 11.8 Å². The zero-order chi connectivity index (χ0) is 18.1. The van der Waals surface area contributed by atoms with Gasteiger partial charge in [0.2, 0.25) is 11.8 Å². The smallest absolute Gasteiger partial charge is 0.322 e. The van der Waals surface area contributed by atoms with Crippen molar-refractivity contribution < 1.29 is 18.8 Å². The fourth-order valence-corrected chi connectivity index (χ4v) is 3.21. The second kappa shape index (κ2) is 6.52. The number of carbonyl (C=O) groups is 3. The first kappa shape index (κ1) is 16.2. The van der Waals surface area contributed by atoms with Crippen molar-refractivity contribution in [2.24, 2.45) is 0 Å². The molecule has 130 valence electrons. The minimum absolute atomic E-state index is 0.00706. The summed E-state index contributed by atoms with van der Waals surface area (Å²) in [7, 11) is 0. The number of hydrogen-bond acceptors (Lipinski definition) is 7. The van der Waals surface area contributed by atoms with Crippen LogP contribution in [0.1, 0.15) is 23.2 Å². The van der Waals surface area contributed by atoms with Gasteiger partial charge in [-0.15, -0.1) is 16.4 Å². The molecule has 0 saturated carbocycles. The van der Waals surface area contributed by atoms with Gasteiger partial charge in [0.05, 0.1) is 10.6 Å². The first-order valence-corrected chi connectivity index (χ1v) is 8.64. The molecule has 1 aromatic carbocycles. The van der Waals surface area contributed by atoms with E-state index in [1.807, 2.05) is 17.5 Å². The Bertz CT molecular complexity index is 963. The lowest BCUT2D eigenvalue weighted by atomic mass is 10.2. The molecule has 0 radical (unpaired) electrons. The Kier molecular flexibility index (Phi) is 4.05. The number of imide groups is 1. The monoisotopic (exact) mass is 368 g/mol. The van der Waals surface area contributed by atoms with Crippen molar-refractivity contribution in [1.82, 2.24) is 10.2 Å². The van der Waals surface area contributed by atoms with Crippen LogP contribution >= 0.6 is 11.3 Å². The van der Waals surface area contributed by atoms with Gasteiger partial charge < -0.3 is 4.42 Å². The third-order valence-electron chi connectivity index (χ3n) is 3.82. The third kappa shape index (κ3) is 3.00. The molecule has 3 amide bonds. The Balaban J connectivity index is 1.47. The van der Waals surface area contributed by atoms with Gasteiger partial charge in [0.1, 0.15) is 0 Å². The predicted octanol–water partition coefficient (Wildman–Crippen LogP) is 2.70. The molecule has 26 heavy (non-hydrogen) atoms. The number of amides is 3. The molecule has 0 bridgehead atoms. The zero-order valence-electron chi connectivity index (χ0n) is 13.3. The van der Waals surface area contributed by atoms with Crippen molar-refractivity contribution in [3.8, 4) is 10.8 Å². The van der Waals surface area contributed by atoms with E-state index in [1.54, 1.807) is 12.1 Å². The highest BCUT2D eigenvalue weighted by atomic mass is 32.1. The second-order valence-electron chi connectivity index (χ2n) is 5.51. The predicted molar refractivity (Wildman–Crippen MR) is 93.7 cm³/mol. The van der Waals surface area contributed by atoms with Crippen LogP contribution in [0.25, 0.3) is 10.8 Å². The van der Waals surface area contributed by atoms with Crippen LogP contribution in [0.15, 0.2) is 46.2 Å². The van der Waals surface area contributed by atoms with Gasteiger partial charge in [-0.1, -0.05) is 11.2 Å². The van der Waals surface area contributed by atoms with Gasteiger partial charge in [-0.05, 0) is 35.7 Å². The van der Waals surface area contributed by atoms with Crippen molar-refractivity contribution in [1.29, 1.82) is 0 Å². The van der Waals surface area contributed by atoms with Crippen LogP contribution in [0.3, 0.4) is 0 Å². The summed E-state index contributed by atoms with van der Waals surface area (Å²) in [6, 6.07) is 9.86. The molecule has 1 aliphatic heterocycles. The van der Waals surface area contributed by atoms with Crippen LogP contribution in [0, 0.1) is 0 Å². The molecule has 1 fully saturated rings. The molecule has 1 N–H and O–H groups in total. The number of nitrogens with one attached hydrogen (secondary N) is 1. The SMILES string of the molecule is O=C(Nc1nnc(-c2cccs2)o1)c1ccc(N2C(=O)CCC2=O)cc1. The number of hydrogen-bond donors (Lipinski definition) is 1. The van der Waals surface area contributed by atoms with Crippen LogP contribution in [0.2, 0.25) is 0 Å². The molecule has 0 spiro atoms. The molecule has 3 aromatic rings. The number of anilines is 2. The maximum absolute atomic E-state index is 12.3. The average Bonchev–Trinajstić information content (AvgIpc) is 3.37. The standard InChI is InChI=1S/C17H12N4O4S/c22-13-7-8-14(23)21(13)11-5-3-10(4-6-11)15(24)18-17-20-19-16(25-17)12-2-1-9-26-12/h1-6,9H,7-8H2,(H,18,20,24). The number of rotatable bonds is 4. The van der Waals surface area contributed by atoms with Gasteiger partial charge >= 0.3 is 6.01 Å². The van der Waals surface area contributed by atoms with Crippen molar-refractivity contribution >= 4 is 40.8 Å². The van der Waals surface area contributed by atoms with E-state index in [0.29, 0.717) is 17.1 Å². The van der Waals surface area contributed by atoms with Gasteiger partial charge in [-0.2, -0.15) is 0 Å². The lowest BCUT2D eigenvalue weighted by Crippen LogP contribution is -2.28. The number of aromatic nitrogens is 2. The Morgan fingerprint density at radius 1 is 1.08 bits per heavy atom. The van der Waals surface area contributed by atoms with E-state index in [1.165, 1.54) is 23.5 Å². The van der Waals surface area contributed by atoms with Crippen LogP contribution in [-0.2, 0) is 9.59 Å². The van der Waals surface area contributed by atoms with Crippen molar-refractivity contribution in [2.45, 2.75) is 12.8 Å². The normalized spacial score (nSPS) is 14.1. The highest BCUT2D eigenvalue weighted by molar-refractivity contribution is 7.13. The molecule has 1 saturated heterocycles. The molecule has 0 aliphatic carbocycles. The molecule has 0 unspecified atom stereocenters. The van der Waals surface area contributed by atoms with E-state index in [4.69, 9.17) is 4.42 Å². The number of benzene rings is 1. The summed E-state index contributed by atoms with van der Waals surface area (Å²) in [6.07, 6.45) is 0.426. The Labute approximate surface area is 151 Å². The Morgan fingerprint density at radius 3 is 2.46 bits per heavy atom. The minimum Gasteiger partial charge on any atom is -0.402 e. The van der Waals surface area contributed by atoms with Gasteiger partial charge in [0, 0.05) is 18.4 Å². The summed E-state index contributed by atoms with van der Waals surface area (Å²) in [5.41, 5.74) is 0.788. The van der Waals surface area contributed by atoms with Crippen molar-refractivity contribution in [3.05, 3.63) is 47.3 Å². The van der Waals surface area contributed by atoms with E-state index in [-0.39, 0.29) is 30.7 Å². The number of carbonyl (C=O) groups excluding carboxylic acids is 3. The summed E-state index contributed by atoms with van der Waals surface area (Å²) in [5, 5.41) is 12.1. The van der Waals surface area contributed by atoms with Crippen LogP contribution in [-0.4, -0.2) is 27.9 Å². The second-order valence-corrected chi connectivity index (χ2v) is 6.46. The van der Waals surface area contributed by atoms with E-state index in [9.17, 15) is 14.4 Å². The highest BCUT2D eigenvalue weighted by Crippen LogP contribution is 2.25. The van der Waals surface area contributed by atoms with Gasteiger partial charge in [0.15, 0.2) is 0 Å². The van der Waals surface area contributed by atoms with E-state index in [2.05, 4.69) is 15.5 Å². The summed E-state index contributed by atoms with van der Waals surface area (Å²) < 4.78 is 5.41. The van der Waals surface area contributed by atoms with E-state index < -0.39 is 5.91 Å². The summed E-state index contributed by atoms with van der Waals surface area (Å²) in [6.45, 7) is 0. The lowest BCUT2D eigenvalue weighted by Gasteiger charge is -2.13. The minimum atomic E-state index is -0.433. The maximum atomic E-state index is 12.3. The third-order valence-corrected chi connectivity index (χ3v) is 4.67. The molecular weight excluding hydrogens is 356 g/mol. The highest BCUT2D eigenvalue weighted by Gasteiger charge is 2.30. The fourth-order valence-electron chi connectivity index (χ4n) is 2.57. The van der Waals surface area contributed by atoms with Crippen molar-refractivity contribution in [3.63, 3.8) is 0 Å². The molecule has 9 heteroatoms. The Morgan fingerprint density at radius 2 is 1.81 bits per heavy atom. The largest absolute Gasteiger partial charge is 0.402 e. The summed E-state index contributed by atoms with van der Waals surface area (Å²) >= 11 is 1.45. The molecule has 1 aliphatic rings. The first-order chi connectivity index (χ1) is 12.6. The molecule has 0 atom stereocenters. The molecule has 4 rings (SSSR count). The number of nitrogens with zero attached hydrogens (tertiary/aromatic N) is 3. The summed E-state index contributed by atoms with van der Waals surface area (Å²) in [5.74, 6) is -0.577. The van der Waals surface area contributed by atoms with Gasteiger partial charge in [-0.3, -0.25) is 24.6 Å². The topological polar surface area (TPSA) is 105 Å². The summed E-state index contributed by atoms with van der Waals surface area (Å²) in [4.78, 5) is 37.7. The molecular formula is C17H12N4O4S. The van der Waals surface area contributed by atoms with Crippen LogP contribution in [0.5, 0.6) is 0 Å². The number of thiophene rings is 1. The molecule has 8 nitrogen and oxygen atoms in total. The van der Waals surface area contributed by atoms with E-state index in [0.717, 1.165) is 9.78 Å². The first-order valence-electron chi connectivity index (χ1n) is 7.76. The quantitative estimate of drug-likeness (QED) is 0.710. The van der Waals surface area contributed by atoms with Crippen LogP contribution < -0.4 is 10.2 Å². The average molecular weight is 368 g/mol. The zero-order valence-corrected chi connectivity index (χ0v) is 14.2. The Hall–Kier alpha value is -3.33. The molecule has 2 aromatic heterocycles. The fraction of sp³-hybridized carbons (Fsp3) is 0.118. The maximum Gasteiger partial charge on any atom is 0.322 e. The van der Waals surface area contributed by atoms with Crippen LogP contribution in [0.4, 0.5) is 11.7 Å². The molecule has 3 heterocycles. The van der Waals surface area contributed by atoms with Gasteiger partial charge in [-0.25, -0.2) is 0 Å². The van der Waals surface area contributed by atoms with E-state index >= 15 is 0 Å².